The lowest BCUT2D eigenvalue weighted by Crippen LogP contribution is -2.04. The van der Waals surface area contributed by atoms with Gasteiger partial charge in [0, 0.05) is 16.5 Å². The second-order valence-electron chi connectivity index (χ2n) is 4.42. The van der Waals surface area contributed by atoms with Gasteiger partial charge in [0.15, 0.2) is 0 Å². The highest BCUT2D eigenvalue weighted by molar-refractivity contribution is 9.09. The van der Waals surface area contributed by atoms with Crippen molar-refractivity contribution in [1.29, 1.82) is 0 Å². The van der Waals surface area contributed by atoms with Crippen LogP contribution in [0.1, 0.15) is 24.8 Å². The number of nitrogens with zero attached hydrogens (tertiary/aromatic N) is 1. The first-order chi connectivity index (χ1) is 8.08. The lowest BCUT2D eigenvalue weighted by Gasteiger charge is -2.08. The molecule has 17 heavy (non-hydrogen) atoms. The molecule has 0 spiro atoms. The van der Waals surface area contributed by atoms with Crippen molar-refractivity contribution in [2.45, 2.75) is 30.5 Å². The Hall–Kier alpha value is -0.970. The van der Waals surface area contributed by atoms with E-state index in [2.05, 4.69) is 15.9 Å². The normalized spacial score (nSPS) is 16.8. The van der Waals surface area contributed by atoms with Crippen LogP contribution in [-0.2, 0) is 6.42 Å². The zero-order chi connectivity index (χ0) is 12.4. The van der Waals surface area contributed by atoms with Crippen molar-refractivity contribution in [3.63, 3.8) is 0 Å². The fourth-order valence-electron chi connectivity index (χ4n) is 1.92. The van der Waals surface area contributed by atoms with E-state index in [1.807, 2.05) is 0 Å². The van der Waals surface area contributed by atoms with Gasteiger partial charge in [0.1, 0.15) is 5.82 Å². The first-order valence-electron chi connectivity index (χ1n) is 5.65. The van der Waals surface area contributed by atoms with Gasteiger partial charge in [-0.05, 0) is 43.7 Å². The van der Waals surface area contributed by atoms with Gasteiger partial charge in [-0.3, -0.25) is 10.1 Å². The summed E-state index contributed by atoms with van der Waals surface area (Å²) in [5, 5.41) is 10.8. The molecule has 0 aromatic heterocycles. The van der Waals surface area contributed by atoms with Gasteiger partial charge < -0.3 is 0 Å². The number of benzene rings is 1. The lowest BCUT2D eigenvalue weighted by molar-refractivity contribution is -0.385. The Bertz CT molecular complexity index is 435. The predicted octanol–water partition coefficient (Wildman–Crippen LogP) is 3.84. The minimum Gasteiger partial charge on any atom is -0.258 e. The number of aryl methyl sites for hydroxylation is 1. The van der Waals surface area contributed by atoms with Crippen LogP contribution in [-0.4, -0.2) is 9.75 Å². The van der Waals surface area contributed by atoms with Crippen LogP contribution in [0.25, 0.3) is 0 Å². The summed E-state index contributed by atoms with van der Waals surface area (Å²) in [5.41, 5.74) is 0.502. The van der Waals surface area contributed by atoms with E-state index < -0.39 is 10.7 Å². The van der Waals surface area contributed by atoms with Gasteiger partial charge in [-0.2, -0.15) is 0 Å². The molecule has 0 aliphatic heterocycles. The summed E-state index contributed by atoms with van der Waals surface area (Å²) in [4.78, 5) is 10.7. The van der Waals surface area contributed by atoms with Crippen LogP contribution >= 0.6 is 15.9 Å². The summed E-state index contributed by atoms with van der Waals surface area (Å²) in [6, 6.07) is 3.64. The van der Waals surface area contributed by atoms with Crippen molar-refractivity contribution in [2.75, 3.05) is 0 Å². The molecule has 1 fully saturated rings. The van der Waals surface area contributed by atoms with Crippen molar-refractivity contribution in [2.24, 2.45) is 5.92 Å². The number of hydrogen-bond acceptors (Lipinski definition) is 2. The number of rotatable bonds is 5. The Kier molecular flexibility index (Phi) is 3.76. The van der Waals surface area contributed by atoms with Crippen LogP contribution in [0.5, 0.6) is 0 Å². The molecule has 1 aliphatic carbocycles. The largest absolute Gasteiger partial charge is 0.272 e. The molecule has 1 aromatic carbocycles. The third-order valence-corrected chi connectivity index (χ3v) is 4.27. The fraction of sp³-hybridized carbons (Fsp3) is 0.500. The van der Waals surface area contributed by atoms with Crippen molar-refractivity contribution in [3.8, 4) is 0 Å². The highest BCUT2D eigenvalue weighted by Crippen LogP contribution is 2.39. The van der Waals surface area contributed by atoms with Crippen molar-refractivity contribution in [1.82, 2.24) is 0 Å². The minimum atomic E-state index is -0.449. The number of nitro groups is 1. The third-order valence-electron chi connectivity index (χ3n) is 3.06. The molecule has 0 N–H and O–H groups in total. The quantitative estimate of drug-likeness (QED) is 0.471. The van der Waals surface area contributed by atoms with E-state index in [0.717, 1.165) is 12.5 Å². The van der Waals surface area contributed by atoms with Gasteiger partial charge in [-0.25, -0.2) is 4.39 Å². The molecular weight excluding hydrogens is 289 g/mol. The van der Waals surface area contributed by atoms with E-state index in [-0.39, 0.29) is 5.69 Å². The van der Waals surface area contributed by atoms with Crippen LogP contribution in [0.2, 0.25) is 0 Å². The van der Waals surface area contributed by atoms with Crippen LogP contribution in [0, 0.1) is 21.8 Å². The van der Waals surface area contributed by atoms with Gasteiger partial charge in [-0.15, -0.1) is 0 Å². The number of alkyl halides is 1. The van der Waals surface area contributed by atoms with Crippen molar-refractivity contribution < 1.29 is 9.31 Å². The van der Waals surface area contributed by atoms with E-state index >= 15 is 0 Å². The van der Waals surface area contributed by atoms with E-state index in [0.29, 0.717) is 22.7 Å². The summed E-state index contributed by atoms with van der Waals surface area (Å²) >= 11 is 3.58. The van der Waals surface area contributed by atoms with Crippen molar-refractivity contribution in [3.05, 3.63) is 39.7 Å². The molecule has 0 heterocycles. The number of halogens is 2. The molecule has 1 unspecified atom stereocenters. The van der Waals surface area contributed by atoms with Gasteiger partial charge in [0.25, 0.3) is 5.69 Å². The molecule has 1 aromatic rings. The van der Waals surface area contributed by atoms with E-state index in [1.165, 1.54) is 25.0 Å². The molecule has 0 radical (unpaired) electrons. The fourth-order valence-corrected chi connectivity index (χ4v) is 2.68. The smallest absolute Gasteiger partial charge is 0.258 e. The molecule has 2 rings (SSSR count). The average Bonchev–Trinajstić information content (AvgIpc) is 3.09. The van der Waals surface area contributed by atoms with Gasteiger partial charge in [-0.1, -0.05) is 15.9 Å². The zero-order valence-electron chi connectivity index (χ0n) is 9.23. The molecule has 3 nitrogen and oxygen atoms in total. The van der Waals surface area contributed by atoms with Gasteiger partial charge in [0.05, 0.1) is 4.92 Å². The second-order valence-corrected chi connectivity index (χ2v) is 5.60. The molecule has 0 amide bonds. The first-order valence-corrected chi connectivity index (χ1v) is 6.56. The molecule has 92 valence electrons. The lowest BCUT2D eigenvalue weighted by atomic mass is 10.0. The number of nitro benzene ring substituents is 1. The van der Waals surface area contributed by atoms with Crippen LogP contribution in [0.4, 0.5) is 10.1 Å². The van der Waals surface area contributed by atoms with Crippen LogP contribution in [0.3, 0.4) is 0 Å². The second kappa shape index (κ2) is 5.12. The van der Waals surface area contributed by atoms with E-state index in [9.17, 15) is 14.5 Å². The first kappa shape index (κ1) is 12.5. The Labute approximate surface area is 107 Å². The Morgan fingerprint density at radius 2 is 2.24 bits per heavy atom. The summed E-state index contributed by atoms with van der Waals surface area (Å²) in [6.45, 7) is 0. The third kappa shape index (κ3) is 3.25. The van der Waals surface area contributed by atoms with Crippen molar-refractivity contribution >= 4 is 21.6 Å². The molecule has 0 bridgehead atoms. The standard InChI is InChI=1S/C12H13BrFNO2/c13-11(8-1-2-8)5-3-9-7-10(14)4-6-12(9)15(16)17/h4,6-8,11H,1-3,5H2. The maximum atomic E-state index is 13.1. The molecule has 1 atom stereocenters. The van der Waals surface area contributed by atoms with Gasteiger partial charge >= 0.3 is 0 Å². The highest BCUT2D eigenvalue weighted by Gasteiger charge is 2.29. The van der Waals surface area contributed by atoms with Crippen LogP contribution in [0.15, 0.2) is 18.2 Å². The maximum Gasteiger partial charge on any atom is 0.272 e. The summed E-state index contributed by atoms with van der Waals surface area (Å²) < 4.78 is 13.1. The Morgan fingerprint density at radius 3 is 2.82 bits per heavy atom. The molecule has 5 heteroatoms. The topological polar surface area (TPSA) is 43.1 Å². The Morgan fingerprint density at radius 1 is 1.53 bits per heavy atom. The Balaban J connectivity index is 2.07. The molecule has 1 aliphatic rings. The molecular formula is C12H13BrFNO2. The minimum absolute atomic E-state index is 0.0156. The molecule has 1 saturated carbocycles. The summed E-state index contributed by atoms with van der Waals surface area (Å²) in [5.74, 6) is 0.283. The monoisotopic (exact) mass is 301 g/mol. The van der Waals surface area contributed by atoms with E-state index in [1.54, 1.807) is 0 Å². The van der Waals surface area contributed by atoms with E-state index in [4.69, 9.17) is 0 Å². The summed E-state index contributed by atoms with van der Waals surface area (Å²) in [7, 11) is 0. The average molecular weight is 302 g/mol. The molecule has 0 saturated heterocycles. The SMILES string of the molecule is O=[N+]([O-])c1ccc(F)cc1CCC(Br)C1CC1. The van der Waals surface area contributed by atoms with Gasteiger partial charge in [0.2, 0.25) is 0 Å². The number of hydrogen-bond donors (Lipinski definition) is 0. The van der Waals surface area contributed by atoms with Crippen LogP contribution < -0.4 is 0 Å². The highest BCUT2D eigenvalue weighted by atomic mass is 79.9. The zero-order valence-corrected chi connectivity index (χ0v) is 10.8. The predicted molar refractivity (Wildman–Crippen MR) is 66.8 cm³/mol. The summed E-state index contributed by atoms with van der Waals surface area (Å²) in [6.07, 6.45) is 3.80. The maximum absolute atomic E-state index is 13.1.